The van der Waals surface area contributed by atoms with Crippen LogP contribution in [0.2, 0.25) is 0 Å². The summed E-state index contributed by atoms with van der Waals surface area (Å²) in [4.78, 5) is 60.1. The molecule has 0 aromatic rings. The lowest BCUT2D eigenvalue weighted by molar-refractivity contribution is -0.165. The average Bonchev–Trinajstić information content (AvgIpc) is 3.07. The normalized spacial score (nSPS) is 14.0. The zero-order chi connectivity index (χ0) is 39.8. The molecule has 3 atom stereocenters. The Morgan fingerprint density at radius 2 is 1.04 bits per heavy atom. The largest absolute Gasteiger partial charge is 0.481 e. The highest BCUT2D eigenvalue weighted by molar-refractivity contribution is 5.82. The summed E-state index contributed by atoms with van der Waals surface area (Å²) in [6, 6.07) is 0. The van der Waals surface area contributed by atoms with Crippen molar-refractivity contribution in [2.45, 2.75) is 188 Å². The molecule has 0 aliphatic rings. The van der Waals surface area contributed by atoms with Gasteiger partial charge >= 0.3 is 29.8 Å². The Kier molecular flexibility index (Phi) is 32.6. The van der Waals surface area contributed by atoms with Gasteiger partial charge in [0.25, 0.3) is 0 Å². The van der Waals surface area contributed by atoms with Crippen LogP contribution in [0.5, 0.6) is 0 Å². The molecule has 11 heteroatoms. The number of esters is 2. The van der Waals surface area contributed by atoms with E-state index in [-0.39, 0.29) is 43.7 Å². The smallest absolute Gasteiger partial charge is 0.310 e. The van der Waals surface area contributed by atoms with Crippen LogP contribution in [-0.2, 0) is 33.4 Å². The number of hydrogen-bond donors (Lipinski definition) is 3. The summed E-state index contributed by atoms with van der Waals surface area (Å²) >= 11 is 0. The first-order chi connectivity index (χ1) is 24.7. The van der Waals surface area contributed by atoms with E-state index in [2.05, 4.69) is 27.7 Å². The van der Waals surface area contributed by atoms with E-state index in [0.29, 0.717) is 25.7 Å². The molecule has 52 heavy (non-hydrogen) atoms. The first kappa shape index (κ1) is 51.4. The van der Waals surface area contributed by atoms with Crippen molar-refractivity contribution in [3.8, 4) is 0 Å². The van der Waals surface area contributed by atoms with Crippen LogP contribution in [-0.4, -0.2) is 83.4 Å². The lowest BCUT2D eigenvalue weighted by atomic mass is 9.68. The summed E-state index contributed by atoms with van der Waals surface area (Å²) in [6.45, 7) is 11.2. The van der Waals surface area contributed by atoms with E-state index in [1.165, 1.54) is 38.5 Å². The molecule has 0 heterocycles. The third-order valence-electron chi connectivity index (χ3n) is 9.51. The number of ether oxygens (including phenoxy) is 2. The highest BCUT2D eigenvalue weighted by Crippen LogP contribution is 2.43. The number of aliphatic carboxylic acids is 3. The Morgan fingerprint density at radius 1 is 0.596 bits per heavy atom. The topological polar surface area (TPSA) is 168 Å². The van der Waals surface area contributed by atoms with Gasteiger partial charge in [-0.15, -0.1) is 0 Å². The molecule has 3 unspecified atom stereocenters. The molecule has 0 radical (unpaired) electrons. The summed E-state index contributed by atoms with van der Waals surface area (Å²) in [5.74, 6) is -3.25. The van der Waals surface area contributed by atoms with Crippen molar-refractivity contribution in [2.24, 2.45) is 17.3 Å². The van der Waals surface area contributed by atoms with E-state index in [1.54, 1.807) is 6.92 Å². The van der Waals surface area contributed by atoms with Gasteiger partial charge in [-0.1, -0.05) is 130 Å². The van der Waals surface area contributed by atoms with Crippen molar-refractivity contribution in [1.82, 2.24) is 4.90 Å². The molecule has 0 saturated carbocycles. The average molecular weight is 744 g/mol. The molecule has 0 bridgehead atoms. The van der Waals surface area contributed by atoms with Gasteiger partial charge in [0, 0.05) is 6.42 Å². The quantitative estimate of drug-likeness (QED) is 0.0432. The van der Waals surface area contributed by atoms with Gasteiger partial charge in [-0.25, -0.2) is 0 Å². The molecule has 0 saturated heterocycles. The second-order valence-electron chi connectivity index (χ2n) is 15.1. The standard InChI is InChI=1S/C37H71NO6.C4H6O4/c1-8-12-16-18-23-32(21-14-10-3)27-37(36(41)42,28-33(22-15-11-4)24-19-17-13-9-2)29-35(40)43-30-31(5)44-34(39)25-20-26-38(6)7;5-3(6)1-2-4(7)8/h31-33H,8-30H2,1-7H3,(H,41,42);1-2H2,(H,5,6)(H,7,8). The molecule has 0 aromatic heterocycles. The molecule has 0 aliphatic carbocycles. The van der Waals surface area contributed by atoms with Crippen molar-refractivity contribution in [1.29, 1.82) is 0 Å². The lowest BCUT2D eigenvalue weighted by Gasteiger charge is -2.36. The maximum Gasteiger partial charge on any atom is 0.310 e. The summed E-state index contributed by atoms with van der Waals surface area (Å²) < 4.78 is 11.1. The van der Waals surface area contributed by atoms with E-state index in [4.69, 9.17) is 19.7 Å². The summed E-state index contributed by atoms with van der Waals surface area (Å²) in [7, 11) is 3.92. The predicted molar refractivity (Wildman–Crippen MR) is 206 cm³/mol. The van der Waals surface area contributed by atoms with Gasteiger partial charge in [-0.3, -0.25) is 24.0 Å². The zero-order valence-corrected chi connectivity index (χ0v) is 34.1. The third kappa shape index (κ3) is 29.8. The van der Waals surface area contributed by atoms with Crippen molar-refractivity contribution in [3.05, 3.63) is 0 Å². The first-order valence-corrected chi connectivity index (χ1v) is 20.3. The Hall–Kier alpha value is -2.69. The number of carbonyl (C=O) groups is 5. The summed E-state index contributed by atoms with van der Waals surface area (Å²) in [5, 5.41) is 26.7. The van der Waals surface area contributed by atoms with Crippen molar-refractivity contribution < 1.29 is 48.8 Å². The maximum absolute atomic E-state index is 13.4. The fraction of sp³-hybridized carbons (Fsp3) is 0.878. The molecule has 0 aliphatic heterocycles. The van der Waals surface area contributed by atoms with Gasteiger partial charge < -0.3 is 29.7 Å². The van der Waals surface area contributed by atoms with Crippen molar-refractivity contribution >= 4 is 29.8 Å². The fourth-order valence-corrected chi connectivity index (χ4v) is 6.59. The SMILES string of the molecule is CCCCCCC(CCCC)CC(CC(=O)OCC(C)OC(=O)CCCN(C)C)(CC(CCCC)CCCCCC)C(=O)O.O=C(O)CCC(=O)O. The van der Waals surface area contributed by atoms with Crippen LogP contribution in [0.4, 0.5) is 0 Å². The van der Waals surface area contributed by atoms with E-state index < -0.39 is 35.4 Å². The number of nitrogens with zero attached hydrogens (tertiary/aromatic N) is 1. The minimum atomic E-state index is -1.14. The highest BCUT2D eigenvalue weighted by atomic mass is 16.6. The molecular weight excluding hydrogens is 666 g/mol. The molecule has 0 fully saturated rings. The molecule has 0 spiro atoms. The minimum Gasteiger partial charge on any atom is -0.481 e. The maximum atomic E-state index is 13.4. The number of rotatable bonds is 33. The van der Waals surface area contributed by atoms with Crippen LogP contribution in [0.3, 0.4) is 0 Å². The van der Waals surface area contributed by atoms with Crippen LogP contribution in [0.15, 0.2) is 0 Å². The van der Waals surface area contributed by atoms with Gasteiger partial charge in [-0.05, 0) is 58.7 Å². The van der Waals surface area contributed by atoms with Gasteiger partial charge in [0.15, 0.2) is 0 Å². The van der Waals surface area contributed by atoms with Crippen molar-refractivity contribution in [3.63, 3.8) is 0 Å². The molecular formula is C41H77NO10. The zero-order valence-electron chi connectivity index (χ0n) is 34.1. The van der Waals surface area contributed by atoms with Gasteiger partial charge in [0.1, 0.15) is 12.7 Å². The van der Waals surface area contributed by atoms with Crippen LogP contribution < -0.4 is 0 Å². The minimum absolute atomic E-state index is 0.0550. The van der Waals surface area contributed by atoms with Gasteiger partial charge in [-0.2, -0.15) is 0 Å². The summed E-state index contributed by atoms with van der Waals surface area (Å²) in [6.07, 6.45) is 18.4. The van der Waals surface area contributed by atoms with Crippen molar-refractivity contribution in [2.75, 3.05) is 27.2 Å². The van der Waals surface area contributed by atoms with Crippen LogP contribution in [0, 0.1) is 17.3 Å². The highest BCUT2D eigenvalue weighted by Gasteiger charge is 2.44. The van der Waals surface area contributed by atoms with E-state index in [1.807, 2.05) is 19.0 Å². The molecule has 0 amide bonds. The molecule has 0 aromatic carbocycles. The number of carbonyl (C=O) groups excluding carboxylic acids is 2. The lowest BCUT2D eigenvalue weighted by Crippen LogP contribution is -2.39. The Labute approximate surface area is 316 Å². The number of unbranched alkanes of at least 4 members (excludes halogenated alkanes) is 8. The van der Waals surface area contributed by atoms with Gasteiger partial charge in [0.2, 0.25) is 0 Å². The first-order valence-electron chi connectivity index (χ1n) is 20.3. The van der Waals surface area contributed by atoms with E-state index >= 15 is 0 Å². The third-order valence-corrected chi connectivity index (χ3v) is 9.51. The Morgan fingerprint density at radius 3 is 1.42 bits per heavy atom. The Balaban J connectivity index is 0. The van der Waals surface area contributed by atoms with E-state index in [0.717, 1.165) is 70.8 Å². The van der Waals surface area contributed by atoms with Gasteiger partial charge in [0.05, 0.1) is 24.7 Å². The van der Waals surface area contributed by atoms with Crippen LogP contribution >= 0.6 is 0 Å². The second-order valence-corrected chi connectivity index (χ2v) is 15.1. The molecule has 306 valence electrons. The molecule has 3 N–H and O–H groups in total. The van der Waals surface area contributed by atoms with E-state index in [9.17, 15) is 29.1 Å². The molecule has 11 nitrogen and oxygen atoms in total. The van der Waals surface area contributed by atoms with Crippen LogP contribution in [0.25, 0.3) is 0 Å². The number of carboxylic acid groups (broad SMARTS) is 3. The predicted octanol–water partition coefficient (Wildman–Crippen LogP) is 9.53. The second kappa shape index (κ2) is 32.9. The molecule has 0 rings (SSSR count). The summed E-state index contributed by atoms with van der Waals surface area (Å²) in [5.41, 5.74) is -1.14. The number of carboxylic acids is 3. The monoisotopic (exact) mass is 744 g/mol. The Bertz CT molecular complexity index is 914. The van der Waals surface area contributed by atoms with Crippen LogP contribution in [0.1, 0.15) is 182 Å². The fourth-order valence-electron chi connectivity index (χ4n) is 6.59. The number of hydrogen-bond acceptors (Lipinski definition) is 8.